The molecule has 1 fully saturated rings. The molecular formula is C33H42ClN3O6. The van der Waals surface area contributed by atoms with Gasteiger partial charge in [0, 0.05) is 23.7 Å². The summed E-state index contributed by atoms with van der Waals surface area (Å²) in [7, 11) is 1.25. The number of rotatable bonds is 11. The number of carbonyl (C=O) groups is 4. The van der Waals surface area contributed by atoms with Crippen molar-refractivity contribution in [1.29, 1.82) is 0 Å². The topological polar surface area (TPSA) is 114 Å². The fourth-order valence-electron chi connectivity index (χ4n) is 5.96. The number of fused-ring (bicyclic) bond motifs is 1. The molecule has 43 heavy (non-hydrogen) atoms. The lowest BCUT2D eigenvalue weighted by Crippen LogP contribution is -2.52. The van der Waals surface area contributed by atoms with Gasteiger partial charge in [0.2, 0.25) is 11.8 Å². The number of anilines is 1. The third-order valence-corrected chi connectivity index (χ3v) is 8.51. The van der Waals surface area contributed by atoms with Crippen LogP contribution in [-0.2, 0) is 36.9 Å². The number of benzene rings is 2. The number of nitrogens with one attached hydrogen (secondary N) is 2. The van der Waals surface area contributed by atoms with Crippen molar-refractivity contribution < 1.29 is 28.7 Å². The summed E-state index contributed by atoms with van der Waals surface area (Å²) in [5, 5.41) is 6.01. The van der Waals surface area contributed by atoms with Crippen LogP contribution in [0.15, 0.2) is 48.5 Å². The van der Waals surface area contributed by atoms with Crippen LogP contribution in [0.1, 0.15) is 75.3 Å². The lowest BCUT2D eigenvalue weighted by atomic mass is 9.84. The fraction of sp³-hybridized carbons (Fsp3) is 0.515. The van der Waals surface area contributed by atoms with Gasteiger partial charge in [-0.1, -0.05) is 74.0 Å². The first-order chi connectivity index (χ1) is 20.8. The van der Waals surface area contributed by atoms with Gasteiger partial charge in [0.1, 0.15) is 18.7 Å². The van der Waals surface area contributed by atoms with E-state index in [0.717, 1.165) is 68.2 Å². The second-order valence-electron chi connectivity index (χ2n) is 11.4. The summed E-state index contributed by atoms with van der Waals surface area (Å²) >= 11 is 6.03. The predicted octanol–water partition coefficient (Wildman–Crippen LogP) is 5.71. The summed E-state index contributed by atoms with van der Waals surface area (Å²) in [6.07, 6.45) is 7.86. The molecule has 1 heterocycles. The van der Waals surface area contributed by atoms with E-state index in [-0.39, 0.29) is 31.3 Å². The smallest absolute Gasteiger partial charge is 0.408 e. The van der Waals surface area contributed by atoms with Crippen LogP contribution in [0, 0.1) is 5.92 Å². The Kier molecular flexibility index (Phi) is 12.3. The number of hydrogen-bond acceptors (Lipinski definition) is 6. The third kappa shape index (κ3) is 9.71. The number of esters is 1. The molecule has 1 aliphatic carbocycles. The molecule has 0 saturated heterocycles. The Hall–Kier alpha value is -3.59. The second-order valence-corrected chi connectivity index (χ2v) is 11.8. The van der Waals surface area contributed by atoms with Crippen molar-refractivity contribution in [3.63, 3.8) is 0 Å². The summed E-state index contributed by atoms with van der Waals surface area (Å²) in [5.74, 6) is -0.997. The van der Waals surface area contributed by atoms with Crippen molar-refractivity contribution in [2.75, 3.05) is 18.6 Å². The highest BCUT2D eigenvalue weighted by atomic mass is 35.5. The molecule has 2 aromatic carbocycles. The number of amides is 3. The van der Waals surface area contributed by atoms with E-state index in [9.17, 15) is 19.2 Å². The van der Waals surface area contributed by atoms with E-state index in [1.54, 1.807) is 29.2 Å². The largest absolute Gasteiger partial charge is 0.467 e. The van der Waals surface area contributed by atoms with Crippen molar-refractivity contribution >= 4 is 41.2 Å². The van der Waals surface area contributed by atoms with Crippen molar-refractivity contribution in [3.8, 4) is 0 Å². The maximum atomic E-state index is 13.6. The minimum atomic E-state index is -1.04. The molecule has 2 atom stereocenters. The number of para-hydroxylation sites is 1. The molecular weight excluding hydrogens is 570 g/mol. The summed E-state index contributed by atoms with van der Waals surface area (Å²) < 4.78 is 10.4. The van der Waals surface area contributed by atoms with Gasteiger partial charge in [0.25, 0.3) is 0 Å². The van der Waals surface area contributed by atoms with Crippen molar-refractivity contribution in [1.82, 2.24) is 10.6 Å². The van der Waals surface area contributed by atoms with Crippen molar-refractivity contribution in [3.05, 3.63) is 64.7 Å². The summed E-state index contributed by atoms with van der Waals surface area (Å²) in [6, 6.07) is 12.9. The van der Waals surface area contributed by atoms with E-state index in [4.69, 9.17) is 21.1 Å². The lowest BCUT2D eigenvalue weighted by Gasteiger charge is -2.28. The normalized spacial score (nSPS) is 16.7. The molecule has 2 aromatic rings. The first-order valence-electron chi connectivity index (χ1n) is 15.3. The van der Waals surface area contributed by atoms with Gasteiger partial charge in [0.05, 0.1) is 7.11 Å². The molecule has 3 amide bonds. The molecule has 1 saturated carbocycles. The zero-order valence-corrected chi connectivity index (χ0v) is 25.6. The second kappa shape index (κ2) is 16.3. The molecule has 10 heteroatoms. The standard InChI is InChI=1S/C33H42ClN3O6/c1-42-32(40)27(17-18-30(38)37-19-8-7-14-25-13-5-6-16-29(25)37)35-31(39)28(21-23-10-3-2-4-11-23)36-33(41)43-22-24-12-9-15-26(34)20-24/h5-6,9,12-13,15-16,20,23,27-28H,2-4,7-8,10-11,14,17-19,21-22H2,1H3,(H,35,39)(H,36,41)/t27-,28-/m0/s1. The van der Waals surface area contributed by atoms with E-state index in [2.05, 4.69) is 10.6 Å². The van der Waals surface area contributed by atoms with E-state index >= 15 is 0 Å². The minimum Gasteiger partial charge on any atom is -0.467 e. The monoisotopic (exact) mass is 611 g/mol. The summed E-state index contributed by atoms with van der Waals surface area (Å²) in [4.78, 5) is 54.2. The maximum Gasteiger partial charge on any atom is 0.408 e. The quantitative estimate of drug-likeness (QED) is 0.315. The number of alkyl carbamates (subject to hydrolysis) is 1. The van der Waals surface area contributed by atoms with E-state index in [1.165, 1.54) is 7.11 Å². The van der Waals surface area contributed by atoms with Gasteiger partial charge in [-0.05, 0) is 67.3 Å². The van der Waals surface area contributed by atoms with Crippen molar-refractivity contribution in [2.24, 2.45) is 5.92 Å². The predicted molar refractivity (Wildman–Crippen MR) is 165 cm³/mol. The van der Waals surface area contributed by atoms with E-state index in [0.29, 0.717) is 18.0 Å². The highest BCUT2D eigenvalue weighted by Crippen LogP contribution is 2.28. The van der Waals surface area contributed by atoms with Gasteiger partial charge in [-0.25, -0.2) is 9.59 Å². The third-order valence-electron chi connectivity index (χ3n) is 8.27. The Morgan fingerprint density at radius 3 is 2.51 bits per heavy atom. The van der Waals surface area contributed by atoms with Crippen LogP contribution in [0.2, 0.25) is 5.02 Å². The van der Waals surface area contributed by atoms with Crippen LogP contribution >= 0.6 is 11.6 Å². The molecule has 0 spiro atoms. The first kappa shape index (κ1) is 32.3. The molecule has 1 aliphatic heterocycles. The van der Waals surface area contributed by atoms with E-state index in [1.807, 2.05) is 24.3 Å². The van der Waals surface area contributed by atoms with Crippen LogP contribution in [0.25, 0.3) is 0 Å². The zero-order valence-electron chi connectivity index (χ0n) is 24.8. The molecule has 0 radical (unpaired) electrons. The summed E-state index contributed by atoms with van der Waals surface area (Å²) in [6.45, 7) is 0.604. The number of nitrogens with zero attached hydrogens (tertiary/aromatic N) is 1. The van der Waals surface area contributed by atoms with Crippen LogP contribution in [0.3, 0.4) is 0 Å². The minimum absolute atomic E-state index is 0.00329. The lowest BCUT2D eigenvalue weighted by molar-refractivity contribution is -0.145. The van der Waals surface area contributed by atoms with Crippen LogP contribution in [0.5, 0.6) is 0 Å². The van der Waals surface area contributed by atoms with Gasteiger partial charge in [-0.15, -0.1) is 0 Å². The SMILES string of the molecule is COC(=O)[C@H](CCC(=O)N1CCCCc2ccccc21)NC(=O)[C@H](CC1CCCCC1)NC(=O)OCc1cccc(Cl)c1. The van der Waals surface area contributed by atoms with Crippen LogP contribution < -0.4 is 15.5 Å². The molecule has 232 valence electrons. The van der Waals surface area contributed by atoms with Gasteiger partial charge >= 0.3 is 12.1 Å². The Balaban J connectivity index is 1.40. The van der Waals surface area contributed by atoms with Gasteiger partial charge in [-0.2, -0.15) is 0 Å². The highest BCUT2D eigenvalue weighted by Gasteiger charge is 2.31. The number of methoxy groups -OCH3 is 1. The first-order valence-corrected chi connectivity index (χ1v) is 15.7. The number of halogens is 1. The van der Waals surface area contributed by atoms with Gasteiger partial charge in [0.15, 0.2) is 0 Å². The molecule has 2 N–H and O–H groups in total. The maximum absolute atomic E-state index is 13.6. The number of aryl methyl sites for hydroxylation is 1. The Morgan fingerprint density at radius 2 is 1.74 bits per heavy atom. The molecule has 0 unspecified atom stereocenters. The Bertz CT molecular complexity index is 1260. The van der Waals surface area contributed by atoms with Crippen molar-refractivity contribution in [2.45, 2.75) is 89.3 Å². The van der Waals surface area contributed by atoms with Gasteiger partial charge < -0.3 is 25.0 Å². The average molecular weight is 612 g/mol. The molecule has 0 aromatic heterocycles. The molecule has 4 rings (SSSR count). The Labute approximate surface area is 258 Å². The molecule has 0 bridgehead atoms. The summed E-state index contributed by atoms with van der Waals surface area (Å²) in [5.41, 5.74) is 2.75. The average Bonchev–Trinajstić information content (AvgIpc) is 3.24. The zero-order chi connectivity index (χ0) is 30.6. The molecule has 9 nitrogen and oxygen atoms in total. The number of carbonyl (C=O) groups excluding carboxylic acids is 4. The fourth-order valence-corrected chi connectivity index (χ4v) is 6.18. The Morgan fingerprint density at radius 1 is 0.953 bits per heavy atom. The van der Waals surface area contributed by atoms with Crippen LogP contribution in [-0.4, -0.2) is 49.6 Å². The highest BCUT2D eigenvalue weighted by molar-refractivity contribution is 6.30. The number of ether oxygens (including phenoxy) is 2. The van der Waals surface area contributed by atoms with Crippen LogP contribution in [0.4, 0.5) is 10.5 Å². The van der Waals surface area contributed by atoms with E-state index < -0.39 is 30.1 Å². The number of hydrogen-bond donors (Lipinski definition) is 2. The molecule has 2 aliphatic rings. The van der Waals surface area contributed by atoms with Gasteiger partial charge in [-0.3, -0.25) is 9.59 Å².